The summed E-state index contributed by atoms with van der Waals surface area (Å²) in [7, 11) is 0. The average Bonchev–Trinajstić information content (AvgIpc) is 2.87. The number of nitrogens with one attached hydrogen (secondary N) is 2. The Morgan fingerprint density at radius 3 is 2.40 bits per heavy atom. The monoisotopic (exact) mass is 475 g/mol. The van der Waals surface area contributed by atoms with Crippen LogP contribution in [0.4, 0.5) is 17.1 Å². The number of anilines is 2. The van der Waals surface area contributed by atoms with Crippen LogP contribution in [0, 0.1) is 10.1 Å². The highest BCUT2D eigenvalue weighted by molar-refractivity contribution is 6.01. The zero-order chi connectivity index (χ0) is 25.4. The summed E-state index contributed by atoms with van der Waals surface area (Å²) >= 11 is 0. The molecule has 9 heteroatoms. The first kappa shape index (κ1) is 25.4. The maximum absolute atomic E-state index is 13.4. The third-order valence-corrected chi connectivity index (χ3v) is 5.56. The molecule has 0 aliphatic heterocycles. The number of pyridine rings is 1. The number of nitro benzene ring substituents is 1. The van der Waals surface area contributed by atoms with Gasteiger partial charge in [-0.1, -0.05) is 31.2 Å². The number of carbonyl (C=O) groups excluding carboxylic acids is 2. The van der Waals surface area contributed by atoms with E-state index in [1.54, 1.807) is 43.5 Å². The lowest BCUT2D eigenvalue weighted by Gasteiger charge is -2.28. The van der Waals surface area contributed by atoms with Crippen LogP contribution in [0.1, 0.15) is 49.3 Å². The Kier molecular flexibility index (Phi) is 8.50. The van der Waals surface area contributed by atoms with Gasteiger partial charge in [-0.3, -0.25) is 24.7 Å². The van der Waals surface area contributed by atoms with Crippen LogP contribution in [0.25, 0.3) is 0 Å². The number of hydrogen-bond acceptors (Lipinski definition) is 6. The number of para-hydroxylation sites is 1. The van der Waals surface area contributed by atoms with E-state index in [2.05, 4.69) is 15.6 Å². The van der Waals surface area contributed by atoms with Crippen molar-refractivity contribution in [1.29, 1.82) is 0 Å². The quantitative estimate of drug-likeness (QED) is 0.313. The van der Waals surface area contributed by atoms with Crippen molar-refractivity contribution >= 4 is 28.9 Å². The molecule has 1 heterocycles. The number of carbonyl (C=O) groups is 2. The highest BCUT2D eigenvalue weighted by Crippen LogP contribution is 2.29. The second-order valence-corrected chi connectivity index (χ2v) is 8.14. The first-order chi connectivity index (χ1) is 16.8. The zero-order valence-electron chi connectivity index (χ0n) is 20.0. The van der Waals surface area contributed by atoms with Crippen molar-refractivity contribution in [3.05, 3.63) is 94.3 Å². The minimum Gasteiger partial charge on any atom is -0.371 e. The van der Waals surface area contributed by atoms with Gasteiger partial charge in [-0.05, 0) is 56.7 Å². The van der Waals surface area contributed by atoms with Crippen LogP contribution in [-0.4, -0.2) is 39.2 Å². The molecule has 0 spiro atoms. The Morgan fingerprint density at radius 2 is 1.77 bits per heavy atom. The second kappa shape index (κ2) is 11.7. The van der Waals surface area contributed by atoms with Gasteiger partial charge in [0.25, 0.3) is 11.6 Å². The van der Waals surface area contributed by atoms with Crippen LogP contribution in [0.15, 0.2) is 72.9 Å². The van der Waals surface area contributed by atoms with E-state index in [0.717, 1.165) is 5.69 Å². The van der Waals surface area contributed by atoms with E-state index in [-0.39, 0.29) is 28.9 Å². The molecule has 2 aromatic carbocycles. The van der Waals surface area contributed by atoms with Gasteiger partial charge < -0.3 is 15.5 Å². The van der Waals surface area contributed by atoms with Gasteiger partial charge in [0, 0.05) is 30.1 Å². The molecule has 182 valence electrons. The number of nitrogens with zero attached hydrogens (tertiary/aromatic N) is 3. The van der Waals surface area contributed by atoms with Crippen molar-refractivity contribution in [2.24, 2.45) is 0 Å². The van der Waals surface area contributed by atoms with Crippen LogP contribution in [0.3, 0.4) is 0 Å². The Balaban J connectivity index is 1.83. The van der Waals surface area contributed by atoms with Crippen molar-refractivity contribution in [2.75, 3.05) is 17.2 Å². The van der Waals surface area contributed by atoms with E-state index < -0.39 is 16.9 Å². The molecule has 3 aromatic rings. The normalized spacial score (nSPS) is 12.3. The molecule has 35 heavy (non-hydrogen) atoms. The molecular formula is C26H29N5O4. The first-order valence-corrected chi connectivity index (χ1v) is 11.4. The van der Waals surface area contributed by atoms with E-state index in [4.69, 9.17) is 0 Å². The Bertz CT molecular complexity index is 1170. The number of hydrogen-bond donors (Lipinski definition) is 2. The van der Waals surface area contributed by atoms with Gasteiger partial charge in [-0.25, -0.2) is 0 Å². The van der Waals surface area contributed by atoms with Crippen LogP contribution in [0.5, 0.6) is 0 Å². The SMILES string of the molecule is CCCN(C(=O)c1ccc(NC(C)c2ccccn2)c([N+](=O)[O-])c1)C(C)C(=O)Nc1ccccc1. The van der Waals surface area contributed by atoms with E-state index in [0.29, 0.717) is 18.7 Å². The summed E-state index contributed by atoms with van der Waals surface area (Å²) in [4.78, 5) is 43.2. The van der Waals surface area contributed by atoms with Gasteiger partial charge in [0.15, 0.2) is 0 Å². The molecule has 2 amide bonds. The molecule has 0 bridgehead atoms. The fraction of sp³-hybridized carbons (Fsp3) is 0.269. The van der Waals surface area contributed by atoms with Crippen LogP contribution < -0.4 is 10.6 Å². The summed E-state index contributed by atoms with van der Waals surface area (Å²) in [6.07, 6.45) is 2.28. The van der Waals surface area contributed by atoms with Crippen molar-refractivity contribution < 1.29 is 14.5 Å². The molecule has 0 saturated carbocycles. The first-order valence-electron chi connectivity index (χ1n) is 11.4. The van der Waals surface area contributed by atoms with Gasteiger partial charge in [-0.15, -0.1) is 0 Å². The van der Waals surface area contributed by atoms with E-state index in [9.17, 15) is 19.7 Å². The maximum atomic E-state index is 13.4. The van der Waals surface area contributed by atoms with Gasteiger partial charge in [0.1, 0.15) is 11.7 Å². The largest absolute Gasteiger partial charge is 0.371 e. The lowest BCUT2D eigenvalue weighted by molar-refractivity contribution is -0.384. The minimum absolute atomic E-state index is 0.139. The molecular weight excluding hydrogens is 446 g/mol. The van der Waals surface area contributed by atoms with Crippen molar-refractivity contribution in [3.63, 3.8) is 0 Å². The Morgan fingerprint density at radius 1 is 1.06 bits per heavy atom. The highest BCUT2D eigenvalue weighted by Gasteiger charge is 2.28. The summed E-state index contributed by atoms with van der Waals surface area (Å²) in [6.45, 7) is 5.72. The van der Waals surface area contributed by atoms with Gasteiger partial charge >= 0.3 is 0 Å². The fourth-order valence-electron chi connectivity index (χ4n) is 3.66. The molecule has 2 N–H and O–H groups in total. The number of nitro groups is 1. The Hall–Kier alpha value is -4.27. The molecule has 9 nitrogen and oxygen atoms in total. The molecule has 2 atom stereocenters. The minimum atomic E-state index is -0.774. The van der Waals surface area contributed by atoms with E-state index in [1.807, 2.05) is 32.0 Å². The molecule has 0 saturated heterocycles. The summed E-state index contributed by atoms with van der Waals surface area (Å²) in [5.41, 5.74) is 1.55. The molecule has 0 radical (unpaired) electrons. The van der Waals surface area contributed by atoms with Gasteiger partial charge in [0.2, 0.25) is 5.91 Å². The maximum Gasteiger partial charge on any atom is 0.293 e. The molecule has 0 aliphatic carbocycles. The summed E-state index contributed by atoms with van der Waals surface area (Å²) in [5.74, 6) is -0.787. The number of benzene rings is 2. The third kappa shape index (κ3) is 6.41. The fourth-order valence-corrected chi connectivity index (χ4v) is 3.66. The number of aromatic nitrogens is 1. The second-order valence-electron chi connectivity index (χ2n) is 8.14. The summed E-state index contributed by atoms with van der Waals surface area (Å²) in [6, 6.07) is 17.7. The van der Waals surface area contributed by atoms with Crippen molar-refractivity contribution in [3.8, 4) is 0 Å². The number of amides is 2. The smallest absolute Gasteiger partial charge is 0.293 e. The van der Waals surface area contributed by atoms with Gasteiger partial charge in [-0.2, -0.15) is 0 Å². The van der Waals surface area contributed by atoms with E-state index >= 15 is 0 Å². The lowest BCUT2D eigenvalue weighted by atomic mass is 10.1. The van der Waals surface area contributed by atoms with Crippen molar-refractivity contribution in [2.45, 2.75) is 39.3 Å². The molecule has 3 rings (SSSR count). The Labute approximate surface area is 204 Å². The van der Waals surface area contributed by atoms with Gasteiger partial charge in [0.05, 0.1) is 16.7 Å². The molecule has 0 aliphatic rings. The van der Waals surface area contributed by atoms with Crippen LogP contribution in [-0.2, 0) is 4.79 Å². The van der Waals surface area contributed by atoms with E-state index in [1.165, 1.54) is 23.1 Å². The third-order valence-electron chi connectivity index (χ3n) is 5.56. The zero-order valence-corrected chi connectivity index (χ0v) is 20.0. The predicted octanol–water partition coefficient (Wildman–Crippen LogP) is 5.04. The molecule has 0 fully saturated rings. The number of rotatable bonds is 10. The summed E-state index contributed by atoms with van der Waals surface area (Å²) in [5, 5.41) is 17.7. The standard InChI is InChI=1S/C26H29N5O4/c1-4-16-30(19(3)25(32)29-21-10-6-5-7-11-21)26(33)20-13-14-23(24(17-20)31(34)35)28-18(2)22-12-8-9-15-27-22/h5-15,17-19,28H,4,16H2,1-3H3,(H,29,32). The molecule has 1 aromatic heterocycles. The van der Waals surface area contributed by atoms with Crippen LogP contribution >= 0.6 is 0 Å². The lowest BCUT2D eigenvalue weighted by Crippen LogP contribution is -2.46. The molecule has 2 unspecified atom stereocenters. The van der Waals surface area contributed by atoms with Crippen molar-refractivity contribution in [1.82, 2.24) is 9.88 Å². The highest BCUT2D eigenvalue weighted by atomic mass is 16.6. The average molecular weight is 476 g/mol. The topological polar surface area (TPSA) is 117 Å². The van der Waals surface area contributed by atoms with Crippen LogP contribution in [0.2, 0.25) is 0 Å². The summed E-state index contributed by atoms with van der Waals surface area (Å²) < 4.78 is 0. The predicted molar refractivity (Wildman–Crippen MR) is 135 cm³/mol.